The number of anilines is 1. The standard InChI is InChI=1S/C20H18ClN3O4S/c21-15-6-8-16(9-7-15)24-19(25)14-18(20(24)26)22-10-12-23(13-11-22)29(27,28)17-4-2-1-3-5-17/h1-9,14H,10-13H2. The third-order valence-corrected chi connectivity index (χ3v) is 7.11. The Hall–Kier alpha value is -2.68. The first-order valence-corrected chi connectivity index (χ1v) is 10.9. The molecule has 2 aromatic carbocycles. The van der Waals surface area contributed by atoms with E-state index in [1.165, 1.54) is 10.4 Å². The van der Waals surface area contributed by atoms with Gasteiger partial charge in [-0.2, -0.15) is 4.31 Å². The van der Waals surface area contributed by atoms with Crippen LogP contribution in [-0.2, 0) is 19.6 Å². The number of carbonyl (C=O) groups is 2. The number of carbonyl (C=O) groups excluding carboxylic acids is 2. The molecule has 0 atom stereocenters. The maximum Gasteiger partial charge on any atom is 0.281 e. The number of piperazine rings is 1. The number of rotatable bonds is 4. The van der Waals surface area contributed by atoms with Crippen LogP contribution in [0, 0.1) is 0 Å². The summed E-state index contributed by atoms with van der Waals surface area (Å²) >= 11 is 5.87. The van der Waals surface area contributed by atoms with Crippen molar-refractivity contribution < 1.29 is 18.0 Å². The molecule has 0 radical (unpaired) electrons. The Bertz CT molecular complexity index is 1080. The van der Waals surface area contributed by atoms with Gasteiger partial charge in [0.2, 0.25) is 10.0 Å². The van der Waals surface area contributed by atoms with E-state index in [2.05, 4.69) is 0 Å². The van der Waals surface area contributed by atoms with Crippen molar-refractivity contribution in [1.29, 1.82) is 0 Å². The molecule has 0 N–H and O–H groups in total. The Labute approximate surface area is 173 Å². The fourth-order valence-electron chi connectivity index (χ4n) is 3.43. The van der Waals surface area contributed by atoms with Crippen LogP contribution in [0.4, 0.5) is 5.69 Å². The molecule has 2 heterocycles. The number of amides is 2. The third-order valence-electron chi connectivity index (χ3n) is 4.95. The van der Waals surface area contributed by atoms with Crippen LogP contribution >= 0.6 is 11.6 Å². The van der Waals surface area contributed by atoms with Gasteiger partial charge in [-0.25, -0.2) is 13.3 Å². The fourth-order valence-corrected chi connectivity index (χ4v) is 5.00. The molecule has 9 heteroatoms. The smallest absolute Gasteiger partial charge is 0.281 e. The van der Waals surface area contributed by atoms with E-state index in [1.54, 1.807) is 59.5 Å². The average molecular weight is 432 g/mol. The van der Waals surface area contributed by atoms with Crippen molar-refractivity contribution in [3.8, 4) is 0 Å². The van der Waals surface area contributed by atoms with Crippen LogP contribution in [0.15, 0.2) is 71.3 Å². The molecule has 0 aromatic heterocycles. The molecular formula is C20H18ClN3O4S. The summed E-state index contributed by atoms with van der Waals surface area (Å²) < 4.78 is 26.9. The molecule has 2 aliphatic heterocycles. The Morgan fingerprint density at radius 2 is 1.45 bits per heavy atom. The lowest BCUT2D eigenvalue weighted by atomic mass is 10.2. The second kappa shape index (κ2) is 7.62. The summed E-state index contributed by atoms with van der Waals surface area (Å²) in [7, 11) is -3.58. The zero-order valence-electron chi connectivity index (χ0n) is 15.4. The Kier molecular flexibility index (Phi) is 5.16. The van der Waals surface area contributed by atoms with Crippen LogP contribution in [0.5, 0.6) is 0 Å². The lowest BCUT2D eigenvalue weighted by molar-refractivity contribution is -0.121. The average Bonchev–Trinajstić information content (AvgIpc) is 3.03. The number of benzene rings is 2. The van der Waals surface area contributed by atoms with Crippen molar-refractivity contribution in [3.63, 3.8) is 0 Å². The molecule has 0 unspecified atom stereocenters. The van der Waals surface area contributed by atoms with E-state index in [0.717, 1.165) is 4.90 Å². The zero-order valence-corrected chi connectivity index (χ0v) is 16.9. The largest absolute Gasteiger partial charge is 0.364 e. The molecule has 2 aliphatic rings. The molecule has 0 bridgehead atoms. The van der Waals surface area contributed by atoms with Crippen molar-refractivity contribution in [2.24, 2.45) is 0 Å². The van der Waals surface area contributed by atoms with Crippen molar-refractivity contribution in [1.82, 2.24) is 9.21 Å². The first kappa shape index (κ1) is 19.6. The quantitative estimate of drug-likeness (QED) is 0.693. The van der Waals surface area contributed by atoms with E-state index in [9.17, 15) is 18.0 Å². The molecular weight excluding hydrogens is 414 g/mol. The van der Waals surface area contributed by atoms with Crippen LogP contribution in [0.1, 0.15) is 0 Å². The molecule has 2 amide bonds. The minimum absolute atomic E-state index is 0.233. The SMILES string of the molecule is O=C1C=C(N2CCN(S(=O)(=O)c3ccccc3)CC2)C(=O)N1c1ccc(Cl)cc1. The molecule has 1 saturated heterocycles. The minimum atomic E-state index is -3.58. The maximum absolute atomic E-state index is 12.8. The highest BCUT2D eigenvalue weighted by molar-refractivity contribution is 7.89. The predicted octanol–water partition coefficient (Wildman–Crippen LogP) is 2.10. The van der Waals surface area contributed by atoms with Gasteiger partial charge in [-0.3, -0.25) is 9.59 Å². The molecule has 4 rings (SSSR count). The monoisotopic (exact) mass is 431 g/mol. The minimum Gasteiger partial charge on any atom is -0.364 e. The molecule has 0 saturated carbocycles. The second-order valence-corrected chi connectivity index (χ2v) is 9.06. The fraction of sp³-hybridized carbons (Fsp3) is 0.200. The lowest BCUT2D eigenvalue weighted by Gasteiger charge is -2.35. The first-order chi connectivity index (χ1) is 13.9. The van der Waals surface area contributed by atoms with Crippen molar-refractivity contribution >= 4 is 39.1 Å². The van der Waals surface area contributed by atoms with Gasteiger partial charge in [0.15, 0.2) is 0 Å². The summed E-state index contributed by atoms with van der Waals surface area (Å²) in [6.07, 6.45) is 1.30. The summed E-state index contributed by atoms with van der Waals surface area (Å²) in [5, 5.41) is 0.511. The van der Waals surface area contributed by atoms with Crippen molar-refractivity contribution in [2.75, 3.05) is 31.1 Å². The molecule has 2 aromatic rings. The van der Waals surface area contributed by atoms with Gasteiger partial charge in [0.25, 0.3) is 11.8 Å². The topological polar surface area (TPSA) is 78.0 Å². The van der Waals surface area contributed by atoms with Gasteiger partial charge in [0.1, 0.15) is 5.70 Å². The second-order valence-electron chi connectivity index (χ2n) is 6.69. The number of halogens is 1. The van der Waals surface area contributed by atoms with Crippen LogP contribution in [0.2, 0.25) is 5.02 Å². The summed E-state index contributed by atoms with van der Waals surface area (Å²) in [6, 6.07) is 14.7. The number of nitrogens with zero attached hydrogens (tertiary/aromatic N) is 3. The summed E-state index contributed by atoms with van der Waals surface area (Å²) in [4.78, 5) is 28.3. The van der Waals surface area contributed by atoms with Crippen LogP contribution < -0.4 is 4.90 Å². The van der Waals surface area contributed by atoms with Crippen LogP contribution in [0.3, 0.4) is 0 Å². The number of sulfonamides is 1. The van der Waals surface area contributed by atoms with E-state index < -0.39 is 21.8 Å². The summed E-state index contributed by atoms with van der Waals surface area (Å²) in [6.45, 7) is 1.12. The third kappa shape index (κ3) is 3.66. The molecule has 150 valence electrons. The molecule has 29 heavy (non-hydrogen) atoms. The van der Waals surface area contributed by atoms with E-state index in [1.807, 2.05) is 0 Å². The molecule has 7 nitrogen and oxygen atoms in total. The maximum atomic E-state index is 12.8. The predicted molar refractivity (Wildman–Crippen MR) is 109 cm³/mol. The Morgan fingerprint density at radius 3 is 2.07 bits per heavy atom. The Morgan fingerprint density at radius 1 is 0.828 bits per heavy atom. The highest BCUT2D eigenvalue weighted by Crippen LogP contribution is 2.27. The highest BCUT2D eigenvalue weighted by Gasteiger charge is 2.37. The zero-order chi connectivity index (χ0) is 20.6. The van der Waals surface area contributed by atoms with E-state index in [-0.39, 0.29) is 23.7 Å². The summed E-state index contributed by atoms with van der Waals surface area (Å²) in [5.41, 5.74) is 0.725. The van der Waals surface area contributed by atoms with Gasteiger partial charge >= 0.3 is 0 Å². The van der Waals surface area contributed by atoms with Gasteiger partial charge in [-0.05, 0) is 36.4 Å². The van der Waals surface area contributed by atoms with E-state index >= 15 is 0 Å². The normalized spacial score (nSPS) is 18.3. The molecule has 0 aliphatic carbocycles. The number of hydrogen-bond donors (Lipinski definition) is 0. The van der Waals surface area contributed by atoms with Gasteiger partial charge in [-0.1, -0.05) is 29.8 Å². The van der Waals surface area contributed by atoms with Gasteiger partial charge in [-0.15, -0.1) is 0 Å². The summed E-state index contributed by atoms with van der Waals surface area (Å²) in [5.74, 6) is -0.844. The van der Waals surface area contributed by atoms with Gasteiger partial charge in [0, 0.05) is 37.3 Å². The molecule has 0 spiro atoms. The first-order valence-electron chi connectivity index (χ1n) is 9.04. The Balaban J connectivity index is 1.46. The number of imide groups is 1. The number of hydrogen-bond acceptors (Lipinski definition) is 5. The van der Waals surface area contributed by atoms with Crippen molar-refractivity contribution in [2.45, 2.75) is 4.90 Å². The van der Waals surface area contributed by atoms with Gasteiger partial charge < -0.3 is 4.90 Å². The van der Waals surface area contributed by atoms with E-state index in [4.69, 9.17) is 11.6 Å². The van der Waals surface area contributed by atoms with Gasteiger partial charge in [0.05, 0.1) is 10.6 Å². The van der Waals surface area contributed by atoms with E-state index in [0.29, 0.717) is 23.8 Å². The van der Waals surface area contributed by atoms with Crippen LogP contribution in [-0.4, -0.2) is 55.6 Å². The van der Waals surface area contributed by atoms with Crippen LogP contribution in [0.25, 0.3) is 0 Å². The molecule has 1 fully saturated rings. The van der Waals surface area contributed by atoms with Crippen molar-refractivity contribution in [3.05, 3.63) is 71.4 Å². The lowest BCUT2D eigenvalue weighted by Crippen LogP contribution is -2.49. The highest BCUT2D eigenvalue weighted by atomic mass is 35.5.